The van der Waals surface area contributed by atoms with Gasteiger partial charge in [-0.05, 0) is 24.3 Å². The molecule has 8 nitrogen and oxygen atoms in total. The maximum atomic E-state index is 12.6. The van der Waals surface area contributed by atoms with Crippen molar-refractivity contribution in [3.05, 3.63) is 54.0 Å². The summed E-state index contributed by atoms with van der Waals surface area (Å²) in [5.41, 5.74) is 15.5. The summed E-state index contributed by atoms with van der Waals surface area (Å²) >= 11 is 0. The maximum Gasteiger partial charge on any atom is 0.274 e. The second-order valence-corrected chi connectivity index (χ2v) is 6.27. The number of nitrogen functional groups attached to an aromatic ring is 1. The van der Waals surface area contributed by atoms with Crippen molar-refractivity contribution in [2.75, 3.05) is 49.3 Å². The van der Waals surface area contributed by atoms with Crippen molar-refractivity contribution < 1.29 is 9.53 Å². The van der Waals surface area contributed by atoms with Crippen molar-refractivity contribution in [1.82, 2.24) is 4.98 Å². The molecule has 28 heavy (non-hydrogen) atoms. The van der Waals surface area contributed by atoms with E-state index in [2.05, 4.69) is 20.2 Å². The van der Waals surface area contributed by atoms with Crippen molar-refractivity contribution in [3.63, 3.8) is 0 Å². The molecular formula is C20H24N6O2. The number of pyridine rings is 1. The molecule has 1 aromatic heterocycles. The van der Waals surface area contributed by atoms with Crippen LogP contribution >= 0.6 is 0 Å². The van der Waals surface area contributed by atoms with E-state index in [0.29, 0.717) is 24.6 Å². The summed E-state index contributed by atoms with van der Waals surface area (Å²) in [7, 11) is 1.66. The van der Waals surface area contributed by atoms with Gasteiger partial charge in [0.05, 0.1) is 24.6 Å². The Morgan fingerprint density at radius 1 is 1.29 bits per heavy atom. The molecule has 1 saturated heterocycles. The van der Waals surface area contributed by atoms with Crippen LogP contribution in [0.25, 0.3) is 5.57 Å². The Bertz CT molecular complexity index is 886. The van der Waals surface area contributed by atoms with E-state index in [1.54, 1.807) is 37.7 Å². The number of aromatic nitrogens is 1. The highest BCUT2D eigenvalue weighted by Crippen LogP contribution is 2.26. The zero-order valence-corrected chi connectivity index (χ0v) is 15.8. The molecule has 1 aliphatic rings. The number of carbonyl (C=O) groups excluding carboxylic acids is 1. The first-order valence-electron chi connectivity index (χ1n) is 8.96. The van der Waals surface area contributed by atoms with Gasteiger partial charge in [-0.1, -0.05) is 6.07 Å². The Kier molecular flexibility index (Phi) is 6.23. The molecule has 0 unspecified atom stereocenters. The molecule has 2 heterocycles. The van der Waals surface area contributed by atoms with Crippen LogP contribution in [0.2, 0.25) is 0 Å². The maximum absolute atomic E-state index is 12.6. The number of ether oxygens (including phenoxy) is 1. The Morgan fingerprint density at radius 2 is 2.07 bits per heavy atom. The monoisotopic (exact) mass is 380 g/mol. The summed E-state index contributed by atoms with van der Waals surface area (Å²) in [5.74, 6) is -0.334. The molecule has 0 spiro atoms. The first-order chi connectivity index (χ1) is 13.6. The predicted molar refractivity (Wildman–Crippen MR) is 113 cm³/mol. The van der Waals surface area contributed by atoms with Gasteiger partial charge < -0.3 is 26.4 Å². The third-order valence-electron chi connectivity index (χ3n) is 4.44. The number of rotatable bonds is 5. The first kappa shape index (κ1) is 19.4. The second kappa shape index (κ2) is 9.01. The van der Waals surface area contributed by atoms with Crippen LogP contribution in [0.15, 0.2) is 47.7 Å². The molecule has 0 saturated carbocycles. The molecule has 1 amide bonds. The van der Waals surface area contributed by atoms with Crippen LogP contribution < -0.4 is 21.7 Å². The lowest BCUT2D eigenvalue weighted by Crippen LogP contribution is -2.36. The lowest BCUT2D eigenvalue weighted by Gasteiger charge is -2.29. The summed E-state index contributed by atoms with van der Waals surface area (Å²) < 4.78 is 5.38. The largest absolute Gasteiger partial charge is 0.404 e. The van der Waals surface area contributed by atoms with Crippen molar-refractivity contribution >= 4 is 34.8 Å². The van der Waals surface area contributed by atoms with Gasteiger partial charge in [-0.2, -0.15) is 0 Å². The molecule has 0 radical (unpaired) electrons. The van der Waals surface area contributed by atoms with Crippen molar-refractivity contribution in [2.45, 2.75) is 0 Å². The van der Waals surface area contributed by atoms with Gasteiger partial charge in [-0.15, -0.1) is 0 Å². The van der Waals surface area contributed by atoms with Crippen molar-refractivity contribution in [2.24, 2.45) is 10.7 Å². The van der Waals surface area contributed by atoms with Crippen LogP contribution in [0, 0.1) is 0 Å². The van der Waals surface area contributed by atoms with Crippen LogP contribution in [-0.2, 0) is 4.74 Å². The minimum Gasteiger partial charge on any atom is -0.404 e. The highest BCUT2D eigenvalue weighted by molar-refractivity contribution is 6.10. The van der Waals surface area contributed by atoms with Crippen LogP contribution in [0.4, 0.5) is 17.1 Å². The number of benzene rings is 1. The molecule has 2 aromatic rings. The Hall–Kier alpha value is -3.39. The van der Waals surface area contributed by atoms with E-state index in [0.717, 1.165) is 29.9 Å². The van der Waals surface area contributed by atoms with E-state index in [4.69, 9.17) is 16.2 Å². The van der Waals surface area contributed by atoms with E-state index >= 15 is 0 Å². The highest BCUT2D eigenvalue weighted by Gasteiger charge is 2.15. The van der Waals surface area contributed by atoms with E-state index < -0.39 is 0 Å². The van der Waals surface area contributed by atoms with Crippen molar-refractivity contribution in [1.29, 1.82) is 0 Å². The van der Waals surface area contributed by atoms with Gasteiger partial charge in [-0.25, -0.2) is 0 Å². The number of hydrogen-bond acceptors (Lipinski definition) is 7. The van der Waals surface area contributed by atoms with Crippen LogP contribution in [-0.4, -0.2) is 50.5 Å². The van der Waals surface area contributed by atoms with Crippen LogP contribution in [0.3, 0.4) is 0 Å². The molecule has 1 fully saturated rings. The van der Waals surface area contributed by atoms with Gasteiger partial charge >= 0.3 is 0 Å². The number of carbonyl (C=O) groups is 1. The van der Waals surface area contributed by atoms with Gasteiger partial charge in [-0.3, -0.25) is 14.8 Å². The molecule has 1 aromatic carbocycles. The van der Waals surface area contributed by atoms with E-state index in [-0.39, 0.29) is 11.6 Å². The summed E-state index contributed by atoms with van der Waals surface area (Å²) in [6.45, 7) is 2.98. The van der Waals surface area contributed by atoms with Crippen molar-refractivity contribution in [3.8, 4) is 0 Å². The molecule has 0 bridgehead atoms. The van der Waals surface area contributed by atoms with E-state index in [1.165, 1.54) is 6.20 Å². The number of allylic oxidation sites excluding steroid dienone is 1. The lowest BCUT2D eigenvalue weighted by molar-refractivity contribution is 0.102. The van der Waals surface area contributed by atoms with Crippen LogP contribution in [0.5, 0.6) is 0 Å². The molecular weight excluding hydrogens is 356 g/mol. The number of nitrogens with one attached hydrogen (secondary N) is 1. The molecule has 146 valence electrons. The molecule has 5 N–H and O–H groups in total. The summed E-state index contributed by atoms with van der Waals surface area (Å²) in [6.07, 6.45) is 4.67. The number of morpholine rings is 1. The minimum absolute atomic E-state index is 0.282. The van der Waals surface area contributed by atoms with Crippen LogP contribution in [0.1, 0.15) is 16.1 Å². The fourth-order valence-electron chi connectivity index (χ4n) is 2.91. The number of nitrogens with zero attached hydrogens (tertiary/aromatic N) is 3. The summed E-state index contributed by atoms with van der Waals surface area (Å²) in [4.78, 5) is 23.0. The smallest absolute Gasteiger partial charge is 0.274 e. The third kappa shape index (κ3) is 4.47. The number of anilines is 3. The number of nitrogens with two attached hydrogens (primary N) is 2. The minimum atomic E-state index is -0.334. The lowest BCUT2D eigenvalue weighted by atomic mass is 10.1. The highest BCUT2D eigenvalue weighted by atomic mass is 16.5. The fourth-order valence-corrected chi connectivity index (χ4v) is 2.91. The Balaban J connectivity index is 1.75. The van der Waals surface area contributed by atoms with Gasteiger partial charge in [0.1, 0.15) is 5.69 Å². The number of amides is 1. The topological polar surface area (TPSA) is 119 Å². The zero-order valence-electron chi connectivity index (χ0n) is 15.8. The van der Waals surface area contributed by atoms with E-state index in [9.17, 15) is 4.79 Å². The summed E-state index contributed by atoms with van der Waals surface area (Å²) in [6, 6.07) is 9.02. The van der Waals surface area contributed by atoms with E-state index in [1.807, 2.05) is 12.1 Å². The standard InChI is InChI=1S/C20H24N6O2/c1-23-12-15(11-21)14-2-5-18(24-13-14)20(27)25-19-10-16(3-4-17(19)22)26-6-8-28-9-7-26/h2-5,10-13H,6-9,21-22H2,1H3,(H,25,27). The average molecular weight is 380 g/mol. The quantitative estimate of drug-likeness (QED) is 0.537. The van der Waals surface area contributed by atoms with Gasteiger partial charge in [0.15, 0.2) is 0 Å². The summed E-state index contributed by atoms with van der Waals surface area (Å²) in [5, 5.41) is 2.84. The molecule has 0 aliphatic carbocycles. The predicted octanol–water partition coefficient (Wildman–Crippen LogP) is 1.75. The SMILES string of the molecule is CN=CC(=CN)c1ccc(C(=O)Nc2cc(N3CCOCC3)ccc2N)nc1. The molecule has 1 aliphatic heterocycles. The van der Waals surface area contributed by atoms with Gasteiger partial charge in [0, 0.05) is 55.6 Å². The normalized spacial score (nSPS) is 15.0. The zero-order chi connectivity index (χ0) is 19.9. The van der Waals surface area contributed by atoms with Gasteiger partial charge in [0.2, 0.25) is 0 Å². The Labute approximate surface area is 163 Å². The first-order valence-corrected chi connectivity index (χ1v) is 8.96. The van der Waals surface area contributed by atoms with Gasteiger partial charge in [0.25, 0.3) is 5.91 Å². The third-order valence-corrected chi connectivity index (χ3v) is 4.44. The molecule has 8 heteroatoms. The fraction of sp³-hybridized carbons (Fsp3) is 0.250. The Morgan fingerprint density at radius 3 is 2.71 bits per heavy atom. The average Bonchev–Trinajstić information content (AvgIpc) is 2.74. The number of aliphatic imine (C=N–C) groups is 1. The molecule has 3 rings (SSSR count). The molecule has 0 atom stereocenters. The second-order valence-electron chi connectivity index (χ2n) is 6.27. The number of hydrogen-bond donors (Lipinski definition) is 3.